The summed E-state index contributed by atoms with van der Waals surface area (Å²) in [4.78, 5) is 14.5. The summed E-state index contributed by atoms with van der Waals surface area (Å²) in [5, 5.41) is 4.08. The molecule has 0 aromatic heterocycles. The summed E-state index contributed by atoms with van der Waals surface area (Å²) in [6.45, 7) is 1.88. The van der Waals surface area contributed by atoms with Gasteiger partial charge in [0.05, 0.1) is 20.6 Å². The van der Waals surface area contributed by atoms with Crippen molar-refractivity contribution in [3.05, 3.63) is 92.9 Å². The Balaban J connectivity index is 1.61. The van der Waals surface area contributed by atoms with Crippen LogP contribution in [-0.4, -0.2) is 5.78 Å². The van der Waals surface area contributed by atoms with Gasteiger partial charge < -0.3 is 10.1 Å². The van der Waals surface area contributed by atoms with Crippen molar-refractivity contribution in [3.8, 4) is 11.5 Å². The number of anilines is 1. The number of benzene rings is 3. The highest BCUT2D eigenvalue weighted by molar-refractivity contribution is 8.04. The van der Waals surface area contributed by atoms with Crippen LogP contribution >= 0.6 is 35.0 Å². The number of ketones is 1. The molecule has 28 heavy (non-hydrogen) atoms. The number of ether oxygens (including phenoxy) is 1. The van der Waals surface area contributed by atoms with Crippen LogP contribution in [0.4, 0.5) is 5.69 Å². The second kappa shape index (κ2) is 7.92. The lowest BCUT2D eigenvalue weighted by Crippen LogP contribution is -2.12. The summed E-state index contributed by atoms with van der Waals surface area (Å²) in [6, 6.07) is 20.3. The van der Waals surface area contributed by atoms with E-state index < -0.39 is 0 Å². The number of para-hydroxylation sites is 1. The Morgan fingerprint density at radius 2 is 1.71 bits per heavy atom. The van der Waals surface area contributed by atoms with Gasteiger partial charge in [0.15, 0.2) is 0 Å². The molecule has 0 saturated heterocycles. The van der Waals surface area contributed by atoms with Gasteiger partial charge in [0.1, 0.15) is 11.5 Å². The highest BCUT2D eigenvalue weighted by Crippen LogP contribution is 2.43. The largest absolute Gasteiger partial charge is 0.457 e. The molecule has 1 aliphatic heterocycles. The molecule has 3 aromatic carbocycles. The summed E-state index contributed by atoms with van der Waals surface area (Å²) in [7, 11) is 0. The SMILES string of the molecule is CC1=C(C(=O)c2ccc(Cl)c(Cl)c2)Sc2cc(Oc3ccccc3)ccc2N1. The van der Waals surface area contributed by atoms with Gasteiger partial charge in [-0.05, 0) is 55.5 Å². The smallest absolute Gasteiger partial charge is 0.201 e. The number of allylic oxidation sites excluding steroid dienone is 2. The standard InChI is InChI=1S/C22H15Cl2NO2S/c1-13-22(21(26)14-7-9-17(23)18(24)11-14)28-20-12-16(8-10-19(20)25-13)27-15-5-3-2-4-6-15/h2-12,25H,1H3. The van der Waals surface area contributed by atoms with E-state index in [1.54, 1.807) is 18.2 Å². The van der Waals surface area contributed by atoms with Crippen molar-refractivity contribution in [2.24, 2.45) is 0 Å². The molecule has 3 nitrogen and oxygen atoms in total. The normalized spacial score (nSPS) is 13.0. The van der Waals surface area contributed by atoms with E-state index in [4.69, 9.17) is 27.9 Å². The molecule has 6 heteroatoms. The molecular weight excluding hydrogens is 413 g/mol. The van der Waals surface area contributed by atoms with Crippen LogP contribution in [0.2, 0.25) is 10.0 Å². The minimum Gasteiger partial charge on any atom is -0.457 e. The van der Waals surface area contributed by atoms with Gasteiger partial charge in [-0.2, -0.15) is 0 Å². The summed E-state index contributed by atoms with van der Waals surface area (Å²) >= 11 is 13.5. The molecular formula is C22H15Cl2NO2S. The van der Waals surface area contributed by atoms with Crippen LogP contribution in [0.25, 0.3) is 0 Å². The molecule has 1 aliphatic rings. The summed E-state index contributed by atoms with van der Waals surface area (Å²) in [5.41, 5.74) is 2.23. The highest BCUT2D eigenvalue weighted by atomic mass is 35.5. The molecule has 0 bridgehead atoms. The Kier molecular flexibility index (Phi) is 5.36. The number of halogens is 2. The molecule has 0 aliphatic carbocycles. The van der Waals surface area contributed by atoms with E-state index in [1.165, 1.54) is 11.8 Å². The number of Topliss-reactive ketones (excluding diaryl/α,β-unsaturated/α-hetero) is 1. The van der Waals surface area contributed by atoms with Crippen LogP contribution in [0.5, 0.6) is 11.5 Å². The highest BCUT2D eigenvalue weighted by Gasteiger charge is 2.23. The van der Waals surface area contributed by atoms with Gasteiger partial charge in [-0.15, -0.1) is 0 Å². The summed E-state index contributed by atoms with van der Waals surface area (Å²) in [5.74, 6) is 1.36. The number of rotatable bonds is 4. The van der Waals surface area contributed by atoms with E-state index in [-0.39, 0.29) is 5.78 Å². The van der Waals surface area contributed by atoms with Crippen molar-refractivity contribution in [2.45, 2.75) is 11.8 Å². The minimum atomic E-state index is -0.103. The maximum absolute atomic E-state index is 13.0. The molecule has 0 spiro atoms. The number of hydrogen-bond donors (Lipinski definition) is 1. The van der Waals surface area contributed by atoms with E-state index in [1.807, 2.05) is 55.5 Å². The quantitative estimate of drug-likeness (QED) is 0.439. The number of carbonyl (C=O) groups excluding carboxylic acids is 1. The molecule has 1 N–H and O–H groups in total. The lowest BCUT2D eigenvalue weighted by molar-refractivity contribution is 0.104. The molecule has 0 radical (unpaired) electrons. The average Bonchev–Trinajstić information content (AvgIpc) is 2.70. The van der Waals surface area contributed by atoms with Crippen molar-refractivity contribution in [3.63, 3.8) is 0 Å². The Labute approximate surface area is 177 Å². The Morgan fingerprint density at radius 3 is 2.46 bits per heavy atom. The van der Waals surface area contributed by atoms with Crippen molar-refractivity contribution in [2.75, 3.05) is 5.32 Å². The molecule has 3 aromatic rings. The zero-order valence-electron chi connectivity index (χ0n) is 14.8. The number of hydrogen-bond acceptors (Lipinski definition) is 4. The van der Waals surface area contributed by atoms with E-state index in [9.17, 15) is 4.79 Å². The Morgan fingerprint density at radius 1 is 0.929 bits per heavy atom. The summed E-state index contributed by atoms with van der Waals surface area (Å²) in [6.07, 6.45) is 0. The molecule has 1 heterocycles. The minimum absolute atomic E-state index is 0.103. The van der Waals surface area contributed by atoms with Crippen molar-refractivity contribution in [1.82, 2.24) is 0 Å². The van der Waals surface area contributed by atoms with E-state index in [0.717, 1.165) is 22.0 Å². The van der Waals surface area contributed by atoms with Crippen LogP contribution < -0.4 is 10.1 Å². The van der Waals surface area contributed by atoms with Gasteiger partial charge in [-0.25, -0.2) is 0 Å². The lowest BCUT2D eigenvalue weighted by atomic mass is 10.1. The number of thioether (sulfide) groups is 1. The number of carbonyl (C=O) groups is 1. The van der Waals surface area contributed by atoms with E-state index in [2.05, 4.69) is 5.32 Å². The molecule has 0 atom stereocenters. The fourth-order valence-corrected chi connectivity index (χ4v) is 4.15. The van der Waals surface area contributed by atoms with Crippen molar-refractivity contribution < 1.29 is 9.53 Å². The maximum Gasteiger partial charge on any atom is 0.201 e. The molecule has 0 fully saturated rings. The van der Waals surface area contributed by atoms with Gasteiger partial charge in [-0.3, -0.25) is 4.79 Å². The fourth-order valence-electron chi connectivity index (χ4n) is 2.81. The molecule has 0 unspecified atom stereocenters. The summed E-state index contributed by atoms with van der Waals surface area (Å²) < 4.78 is 5.91. The maximum atomic E-state index is 13.0. The molecule has 0 amide bonds. The average molecular weight is 428 g/mol. The first-order chi connectivity index (χ1) is 13.5. The fraction of sp³-hybridized carbons (Fsp3) is 0.0455. The van der Waals surface area contributed by atoms with Crippen LogP contribution in [0.3, 0.4) is 0 Å². The first-order valence-corrected chi connectivity index (χ1v) is 10.1. The third kappa shape index (κ3) is 3.90. The second-order valence-electron chi connectivity index (χ2n) is 6.21. The van der Waals surface area contributed by atoms with Crippen molar-refractivity contribution in [1.29, 1.82) is 0 Å². The van der Waals surface area contributed by atoms with Crippen molar-refractivity contribution >= 4 is 46.4 Å². The van der Waals surface area contributed by atoms with Crippen LogP contribution in [0.1, 0.15) is 17.3 Å². The molecule has 0 saturated carbocycles. The number of nitrogens with one attached hydrogen (secondary N) is 1. The predicted molar refractivity (Wildman–Crippen MR) is 116 cm³/mol. The van der Waals surface area contributed by atoms with Crippen LogP contribution in [-0.2, 0) is 0 Å². The van der Waals surface area contributed by atoms with Gasteiger partial charge >= 0.3 is 0 Å². The van der Waals surface area contributed by atoms with Gasteiger partial charge in [0.2, 0.25) is 5.78 Å². The van der Waals surface area contributed by atoms with Gasteiger partial charge in [0.25, 0.3) is 0 Å². The zero-order valence-corrected chi connectivity index (χ0v) is 17.2. The number of fused-ring (bicyclic) bond motifs is 1. The lowest BCUT2D eigenvalue weighted by Gasteiger charge is -2.22. The van der Waals surface area contributed by atoms with E-state index >= 15 is 0 Å². The topological polar surface area (TPSA) is 38.3 Å². The van der Waals surface area contributed by atoms with Gasteiger partial charge in [0, 0.05) is 16.2 Å². The predicted octanol–water partition coefficient (Wildman–Crippen LogP) is 7.42. The molecule has 4 rings (SSSR count). The first-order valence-electron chi connectivity index (χ1n) is 8.54. The monoisotopic (exact) mass is 427 g/mol. The third-order valence-corrected chi connectivity index (χ3v) is 6.19. The Bertz CT molecular complexity index is 1100. The van der Waals surface area contributed by atoms with Crippen LogP contribution in [0, 0.1) is 0 Å². The van der Waals surface area contributed by atoms with Crippen LogP contribution in [0.15, 0.2) is 82.2 Å². The van der Waals surface area contributed by atoms with Gasteiger partial charge in [-0.1, -0.05) is 53.2 Å². The first kappa shape index (κ1) is 18.9. The van der Waals surface area contributed by atoms with E-state index in [0.29, 0.717) is 26.3 Å². The molecule has 140 valence electrons. The third-order valence-electron chi connectivity index (χ3n) is 4.19. The second-order valence-corrected chi connectivity index (χ2v) is 8.08. The zero-order chi connectivity index (χ0) is 19.7. The Hall–Kier alpha value is -2.40.